The van der Waals surface area contributed by atoms with Crippen LogP contribution in [0.15, 0.2) is 36.4 Å². The van der Waals surface area contributed by atoms with E-state index in [4.69, 9.17) is 27.5 Å². The molecule has 0 bridgehead atoms. The highest BCUT2D eigenvalue weighted by molar-refractivity contribution is 6.36. The van der Waals surface area contributed by atoms with E-state index in [0.29, 0.717) is 22.1 Å². The Morgan fingerprint density at radius 1 is 1.32 bits per heavy atom. The molecule has 5 heteroatoms. The predicted molar refractivity (Wildman–Crippen MR) is 100 cm³/mol. The van der Waals surface area contributed by atoms with Crippen LogP contribution in [-0.2, 0) is 4.79 Å². The Kier molecular flexibility index (Phi) is 4.69. The fourth-order valence-electron chi connectivity index (χ4n) is 2.78. The molecular formula is C20H16ClNO3. The van der Waals surface area contributed by atoms with Gasteiger partial charge in [0.05, 0.1) is 17.8 Å². The van der Waals surface area contributed by atoms with Crippen molar-refractivity contribution in [2.75, 3.05) is 25.7 Å². The number of nitrogens with zero attached hydrogens (tertiary/aromatic N) is 1. The largest absolute Gasteiger partial charge is 0.493 e. The van der Waals surface area contributed by atoms with Gasteiger partial charge in [0.15, 0.2) is 11.5 Å². The van der Waals surface area contributed by atoms with Gasteiger partial charge < -0.3 is 14.4 Å². The van der Waals surface area contributed by atoms with Gasteiger partial charge in [0, 0.05) is 18.2 Å². The highest BCUT2D eigenvalue weighted by Crippen LogP contribution is 2.40. The second kappa shape index (κ2) is 6.92. The van der Waals surface area contributed by atoms with Crippen LogP contribution in [0.1, 0.15) is 11.1 Å². The van der Waals surface area contributed by atoms with E-state index in [-0.39, 0.29) is 12.5 Å². The van der Waals surface area contributed by atoms with Crippen molar-refractivity contribution in [2.45, 2.75) is 0 Å². The Balaban J connectivity index is 2.06. The quantitative estimate of drug-likeness (QED) is 0.618. The van der Waals surface area contributed by atoms with Gasteiger partial charge >= 0.3 is 0 Å². The Bertz CT molecular complexity index is 912. The van der Waals surface area contributed by atoms with Gasteiger partial charge in [-0.1, -0.05) is 35.7 Å². The molecule has 126 valence electrons. The van der Waals surface area contributed by atoms with Crippen molar-refractivity contribution in [3.8, 4) is 23.8 Å². The maximum absolute atomic E-state index is 12.6. The number of amides is 1. The van der Waals surface area contributed by atoms with E-state index in [2.05, 4.69) is 5.92 Å². The maximum Gasteiger partial charge on any atom is 0.258 e. The molecule has 0 saturated heterocycles. The molecule has 2 aromatic rings. The lowest BCUT2D eigenvalue weighted by molar-refractivity contribution is -0.112. The summed E-state index contributed by atoms with van der Waals surface area (Å²) in [6.07, 6.45) is 7.02. The van der Waals surface area contributed by atoms with Crippen LogP contribution in [0.5, 0.6) is 11.5 Å². The molecule has 0 saturated carbocycles. The Hall–Kier alpha value is -2.90. The van der Waals surface area contributed by atoms with Crippen molar-refractivity contribution < 1.29 is 14.3 Å². The molecule has 4 nitrogen and oxygen atoms in total. The number of terminal acetylenes is 1. The maximum atomic E-state index is 12.6. The molecule has 2 aromatic carbocycles. The summed E-state index contributed by atoms with van der Waals surface area (Å²) < 4.78 is 10.8. The third-order valence-corrected chi connectivity index (χ3v) is 4.23. The first-order valence-corrected chi connectivity index (χ1v) is 7.97. The van der Waals surface area contributed by atoms with Gasteiger partial charge in [-0.25, -0.2) is 0 Å². The van der Waals surface area contributed by atoms with E-state index in [1.165, 1.54) is 7.11 Å². The number of likely N-dealkylation sites (N-methyl/N-ethyl adjacent to an activating group) is 1. The number of rotatable bonds is 4. The second-order valence-electron chi connectivity index (χ2n) is 5.47. The summed E-state index contributed by atoms with van der Waals surface area (Å²) >= 11 is 6.30. The van der Waals surface area contributed by atoms with E-state index >= 15 is 0 Å². The summed E-state index contributed by atoms with van der Waals surface area (Å²) in [4.78, 5) is 14.2. The number of hydrogen-bond acceptors (Lipinski definition) is 3. The summed E-state index contributed by atoms with van der Waals surface area (Å²) in [5.41, 5.74) is 3.11. The van der Waals surface area contributed by atoms with Crippen LogP contribution in [-0.4, -0.2) is 26.7 Å². The monoisotopic (exact) mass is 353 g/mol. The lowest BCUT2D eigenvalue weighted by Crippen LogP contribution is -2.20. The molecule has 1 aliphatic heterocycles. The zero-order valence-electron chi connectivity index (χ0n) is 13.9. The Morgan fingerprint density at radius 2 is 2.08 bits per heavy atom. The molecule has 1 amide bonds. The molecule has 0 atom stereocenters. The van der Waals surface area contributed by atoms with Crippen molar-refractivity contribution in [1.29, 1.82) is 0 Å². The highest BCUT2D eigenvalue weighted by Gasteiger charge is 2.29. The Labute approximate surface area is 151 Å². The summed E-state index contributed by atoms with van der Waals surface area (Å²) in [6, 6.07) is 11.1. The molecule has 0 unspecified atom stereocenters. The van der Waals surface area contributed by atoms with Crippen LogP contribution in [0, 0.1) is 12.3 Å². The van der Waals surface area contributed by atoms with E-state index < -0.39 is 0 Å². The smallest absolute Gasteiger partial charge is 0.258 e. The van der Waals surface area contributed by atoms with Crippen LogP contribution >= 0.6 is 11.6 Å². The van der Waals surface area contributed by atoms with Gasteiger partial charge in [-0.2, -0.15) is 0 Å². The number of benzene rings is 2. The number of para-hydroxylation sites is 1. The third-order valence-electron chi connectivity index (χ3n) is 3.95. The molecule has 0 aromatic heterocycles. The van der Waals surface area contributed by atoms with Gasteiger partial charge in [0.2, 0.25) is 0 Å². The van der Waals surface area contributed by atoms with Crippen molar-refractivity contribution >= 4 is 34.8 Å². The zero-order valence-corrected chi connectivity index (χ0v) is 14.6. The van der Waals surface area contributed by atoms with Crippen LogP contribution < -0.4 is 14.4 Å². The van der Waals surface area contributed by atoms with E-state index in [1.807, 2.05) is 24.3 Å². The first-order valence-electron chi connectivity index (χ1n) is 7.59. The molecule has 25 heavy (non-hydrogen) atoms. The van der Waals surface area contributed by atoms with Crippen molar-refractivity contribution in [3.63, 3.8) is 0 Å². The summed E-state index contributed by atoms with van der Waals surface area (Å²) in [6.45, 7) is 0.0904. The van der Waals surface area contributed by atoms with Crippen LogP contribution in [0.25, 0.3) is 11.6 Å². The van der Waals surface area contributed by atoms with Crippen molar-refractivity contribution in [3.05, 3.63) is 52.5 Å². The summed E-state index contributed by atoms with van der Waals surface area (Å²) in [5, 5.41) is 0.369. The number of carbonyl (C=O) groups excluding carboxylic acids is 1. The van der Waals surface area contributed by atoms with Crippen LogP contribution in [0.4, 0.5) is 5.69 Å². The zero-order chi connectivity index (χ0) is 18.0. The first-order chi connectivity index (χ1) is 12.1. The SMILES string of the molecule is C#CCOc1c(Cl)cc(/C=C2/C(=O)N(C)c3ccccc32)cc1OC. The Morgan fingerprint density at radius 3 is 2.80 bits per heavy atom. The number of carbonyl (C=O) groups is 1. The summed E-state index contributed by atoms with van der Waals surface area (Å²) in [5.74, 6) is 3.17. The summed E-state index contributed by atoms with van der Waals surface area (Å²) in [7, 11) is 3.28. The lowest BCUT2D eigenvalue weighted by Gasteiger charge is -2.12. The molecule has 0 N–H and O–H groups in total. The van der Waals surface area contributed by atoms with Crippen LogP contribution in [0.2, 0.25) is 5.02 Å². The van der Waals surface area contributed by atoms with Crippen LogP contribution in [0.3, 0.4) is 0 Å². The van der Waals surface area contributed by atoms with E-state index in [9.17, 15) is 4.79 Å². The minimum Gasteiger partial charge on any atom is -0.493 e. The normalized spacial score (nSPS) is 14.4. The average molecular weight is 354 g/mol. The molecule has 0 spiro atoms. The number of fused-ring (bicyclic) bond motifs is 1. The molecule has 1 aliphatic rings. The average Bonchev–Trinajstić information content (AvgIpc) is 2.86. The number of halogens is 1. The lowest BCUT2D eigenvalue weighted by atomic mass is 10.0. The molecule has 1 heterocycles. The van der Waals surface area contributed by atoms with Crippen molar-refractivity contribution in [1.82, 2.24) is 0 Å². The minimum atomic E-state index is -0.0658. The fraction of sp³-hybridized carbons (Fsp3) is 0.150. The van der Waals surface area contributed by atoms with Gasteiger partial charge in [-0.05, 0) is 29.8 Å². The first kappa shape index (κ1) is 16.9. The number of ether oxygens (including phenoxy) is 2. The molecule has 0 fully saturated rings. The topological polar surface area (TPSA) is 38.8 Å². The molecule has 3 rings (SSSR count). The fourth-order valence-corrected chi connectivity index (χ4v) is 3.06. The predicted octanol–water partition coefficient (Wildman–Crippen LogP) is 3.88. The molecule has 0 aliphatic carbocycles. The second-order valence-corrected chi connectivity index (χ2v) is 5.87. The van der Waals surface area contributed by atoms with Crippen molar-refractivity contribution in [2.24, 2.45) is 0 Å². The van der Waals surface area contributed by atoms with E-state index in [1.54, 1.807) is 30.2 Å². The number of methoxy groups -OCH3 is 1. The molecular weight excluding hydrogens is 338 g/mol. The minimum absolute atomic E-state index is 0.0658. The van der Waals surface area contributed by atoms with E-state index in [0.717, 1.165) is 16.8 Å². The standard InChI is InChI=1S/C20H16ClNO3/c1-4-9-25-19-16(21)11-13(12-18(19)24-3)10-15-14-7-5-6-8-17(14)22(2)20(15)23/h1,5-8,10-12H,9H2,2-3H3/b15-10+. The number of hydrogen-bond donors (Lipinski definition) is 0. The number of anilines is 1. The van der Waals surface area contributed by atoms with Gasteiger partial charge in [-0.15, -0.1) is 6.42 Å². The highest BCUT2D eigenvalue weighted by atomic mass is 35.5. The van der Waals surface area contributed by atoms with Gasteiger partial charge in [-0.3, -0.25) is 4.79 Å². The van der Waals surface area contributed by atoms with Gasteiger partial charge in [0.25, 0.3) is 5.91 Å². The third kappa shape index (κ3) is 3.07. The molecule has 0 radical (unpaired) electrons. The van der Waals surface area contributed by atoms with Gasteiger partial charge in [0.1, 0.15) is 6.61 Å².